The second-order valence-corrected chi connectivity index (χ2v) is 9.17. The number of hydrogen-bond donors (Lipinski definition) is 1. The molecule has 4 heteroatoms. The lowest BCUT2D eigenvalue weighted by Gasteiger charge is -2.37. The number of hydrogen-bond acceptors (Lipinski definition) is 3. The maximum Gasteiger partial charge on any atom is 0.339 e. The maximum absolute atomic E-state index is 12.9. The molecule has 2 aromatic rings. The summed E-state index contributed by atoms with van der Waals surface area (Å²) in [4.78, 5) is 25.2. The van der Waals surface area contributed by atoms with Gasteiger partial charge in [0.15, 0.2) is 0 Å². The molecule has 1 amide bonds. The first-order valence-corrected chi connectivity index (χ1v) is 11.3. The maximum atomic E-state index is 12.9. The van der Waals surface area contributed by atoms with E-state index >= 15 is 0 Å². The Hall–Kier alpha value is -2.62. The highest BCUT2D eigenvalue weighted by atomic mass is 16.6. The van der Waals surface area contributed by atoms with Crippen LogP contribution in [0.4, 0.5) is 0 Å². The first-order valence-electron chi connectivity index (χ1n) is 11.3. The normalized spacial score (nSPS) is 30.5. The number of rotatable bonds is 3. The molecule has 0 atom stereocenters. The Morgan fingerprint density at radius 3 is 2.27 bits per heavy atom. The predicted octanol–water partition coefficient (Wildman–Crippen LogP) is 5.09. The van der Waals surface area contributed by atoms with E-state index in [1.165, 1.54) is 5.56 Å². The van der Waals surface area contributed by atoms with E-state index in [9.17, 15) is 9.59 Å². The van der Waals surface area contributed by atoms with Crippen molar-refractivity contribution < 1.29 is 14.3 Å². The molecule has 1 spiro atoms. The molecule has 1 heterocycles. The summed E-state index contributed by atoms with van der Waals surface area (Å²) in [5.74, 6) is 0.606. The van der Waals surface area contributed by atoms with E-state index in [0.717, 1.165) is 56.9 Å². The second kappa shape index (κ2) is 7.90. The van der Waals surface area contributed by atoms with Gasteiger partial charge in [-0.1, -0.05) is 48.5 Å². The molecule has 156 valence electrons. The molecule has 2 aromatic carbocycles. The lowest BCUT2D eigenvalue weighted by molar-refractivity contribution is -0.129. The van der Waals surface area contributed by atoms with Crippen LogP contribution in [0, 0.1) is 5.92 Å². The number of nitrogens with one attached hydrogen (secondary N) is 1. The average Bonchev–Trinajstić information content (AvgIpc) is 3.07. The van der Waals surface area contributed by atoms with Crippen molar-refractivity contribution in [2.75, 3.05) is 0 Å². The van der Waals surface area contributed by atoms with Gasteiger partial charge >= 0.3 is 5.97 Å². The zero-order valence-corrected chi connectivity index (χ0v) is 17.3. The van der Waals surface area contributed by atoms with Gasteiger partial charge in [0.1, 0.15) is 5.60 Å². The molecular weight excluding hydrogens is 374 g/mol. The predicted molar refractivity (Wildman–Crippen MR) is 115 cm³/mol. The van der Waals surface area contributed by atoms with Crippen LogP contribution in [0.5, 0.6) is 0 Å². The monoisotopic (exact) mass is 403 g/mol. The third-order valence-electron chi connectivity index (χ3n) is 7.43. The minimum Gasteiger partial charge on any atom is -0.451 e. The third-order valence-corrected chi connectivity index (χ3v) is 7.43. The Balaban J connectivity index is 1.15. The van der Waals surface area contributed by atoms with Gasteiger partial charge in [-0.15, -0.1) is 0 Å². The van der Waals surface area contributed by atoms with Gasteiger partial charge in [0.2, 0.25) is 5.91 Å². The van der Waals surface area contributed by atoms with Gasteiger partial charge in [-0.25, -0.2) is 4.79 Å². The van der Waals surface area contributed by atoms with E-state index in [0.29, 0.717) is 17.5 Å². The fourth-order valence-corrected chi connectivity index (χ4v) is 5.68. The van der Waals surface area contributed by atoms with Crippen molar-refractivity contribution >= 4 is 11.9 Å². The van der Waals surface area contributed by atoms with Gasteiger partial charge in [-0.05, 0) is 68.9 Å². The SMILES string of the molecule is O=C1OC2(CCC(C(=O)NC3CCC(c4ccccc4)CC3)CC2)c2ccccc21. The van der Waals surface area contributed by atoms with E-state index in [1.54, 1.807) is 0 Å². The first kappa shape index (κ1) is 19.3. The zero-order valence-electron chi connectivity index (χ0n) is 17.3. The van der Waals surface area contributed by atoms with Crippen molar-refractivity contribution in [2.24, 2.45) is 5.92 Å². The summed E-state index contributed by atoms with van der Waals surface area (Å²) in [5, 5.41) is 3.32. The lowest BCUT2D eigenvalue weighted by atomic mass is 9.74. The molecule has 0 bridgehead atoms. The van der Waals surface area contributed by atoms with Crippen LogP contribution in [0.1, 0.15) is 78.8 Å². The van der Waals surface area contributed by atoms with Gasteiger partial charge in [0.25, 0.3) is 0 Å². The minimum atomic E-state index is -0.516. The van der Waals surface area contributed by atoms with E-state index in [4.69, 9.17) is 4.74 Å². The Kier molecular flexibility index (Phi) is 5.10. The van der Waals surface area contributed by atoms with E-state index in [2.05, 4.69) is 35.6 Å². The molecule has 2 saturated carbocycles. The van der Waals surface area contributed by atoms with Gasteiger partial charge in [0.05, 0.1) is 5.56 Å². The lowest BCUT2D eigenvalue weighted by Crippen LogP contribution is -2.43. The Morgan fingerprint density at radius 2 is 1.53 bits per heavy atom. The van der Waals surface area contributed by atoms with Crippen LogP contribution in [-0.2, 0) is 15.1 Å². The molecule has 2 aliphatic carbocycles. The van der Waals surface area contributed by atoms with Crippen LogP contribution in [0.15, 0.2) is 54.6 Å². The van der Waals surface area contributed by atoms with Crippen LogP contribution < -0.4 is 5.32 Å². The largest absolute Gasteiger partial charge is 0.451 e. The number of esters is 1. The smallest absolute Gasteiger partial charge is 0.339 e. The van der Waals surface area contributed by atoms with Crippen LogP contribution >= 0.6 is 0 Å². The summed E-state index contributed by atoms with van der Waals surface area (Å²) in [7, 11) is 0. The quantitative estimate of drug-likeness (QED) is 0.727. The molecule has 30 heavy (non-hydrogen) atoms. The van der Waals surface area contributed by atoms with Crippen LogP contribution in [0.3, 0.4) is 0 Å². The fraction of sp³-hybridized carbons (Fsp3) is 0.462. The topological polar surface area (TPSA) is 55.4 Å². The van der Waals surface area contributed by atoms with Crippen molar-refractivity contribution in [3.8, 4) is 0 Å². The Labute approximate surface area is 178 Å². The summed E-state index contributed by atoms with van der Waals surface area (Å²) < 4.78 is 5.82. The van der Waals surface area contributed by atoms with Crippen molar-refractivity contribution in [3.63, 3.8) is 0 Å². The van der Waals surface area contributed by atoms with Crippen LogP contribution in [0.25, 0.3) is 0 Å². The summed E-state index contributed by atoms with van der Waals surface area (Å²) in [6.07, 6.45) is 7.37. The summed E-state index contributed by atoms with van der Waals surface area (Å²) in [6.45, 7) is 0. The second-order valence-electron chi connectivity index (χ2n) is 9.17. The van der Waals surface area contributed by atoms with Crippen molar-refractivity contribution in [3.05, 3.63) is 71.3 Å². The van der Waals surface area contributed by atoms with E-state index in [1.807, 2.05) is 24.3 Å². The number of amides is 1. The minimum absolute atomic E-state index is 0.0222. The summed E-state index contributed by atoms with van der Waals surface area (Å²) >= 11 is 0. The molecule has 0 aromatic heterocycles. The molecule has 1 aliphatic heterocycles. The highest BCUT2D eigenvalue weighted by molar-refractivity contribution is 5.94. The number of carbonyl (C=O) groups is 2. The summed E-state index contributed by atoms with van der Waals surface area (Å²) in [6, 6.07) is 18.7. The molecule has 4 nitrogen and oxygen atoms in total. The highest BCUT2D eigenvalue weighted by Gasteiger charge is 2.48. The van der Waals surface area contributed by atoms with Gasteiger partial charge in [-0.3, -0.25) is 4.79 Å². The van der Waals surface area contributed by atoms with Crippen LogP contribution in [-0.4, -0.2) is 17.9 Å². The molecule has 1 N–H and O–H groups in total. The molecule has 3 aliphatic rings. The van der Waals surface area contributed by atoms with E-state index < -0.39 is 5.60 Å². The zero-order chi connectivity index (χ0) is 20.6. The molecule has 0 radical (unpaired) electrons. The molecular formula is C26H29NO3. The van der Waals surface area contributed by atoms with E-state index in [-0.39, 0.29) is 17.8 Å². The van der Waals surface area contributed by atoms with Gasteiger partial charge in [0, 0.05) is 17.5 Å². The third kappa shape index (κ3) is 3.53. The van der Waals surface area contributed by atoms with Crippen molar-refractivity contribution in [1.29, 1.82) is 0 Å². The fourth-order valence-electron chi connectivity index (χ4n) is 5.68. The average molecular weight is 404 g/mol. The molecule has 0 saturated heterocycles. The molecule has 0 unspecified atom stereocenters. The standard InChI is InChI=1S/C26H29NO3/c28-24(27-21-12-10-19(11-13-21)18-6-2-1-3-7-18)20-14-16-26(17-15-20)23-9-5-4-8-22(23)25(29)30-26/h1-9,19-21H,10-17H2,(H,27,28). The molecule has 5 rings (SSSR count). The highest BCUT2D eigenvalue weighted by Crippen LogP contribution is 2.48. The van der Waals surface area contributed by atoms with Gasteiger partial charge < -0.3 is 10.1 Å². The number of ether oxygens (including phenoxy) is 1. The number of benzene rings is 2. The van der Waals surface area contributed by atoms with Crippen LogP contribution in [0.2, 0.25) is 0 Å². The van der Waals surface area contributed by atoms with Crippen molar-refractivity contribution in [2.45, 2.75) is 68.9 Å². The number of fused-ring (bicyclic) bond motifs is 2. The van der Waals surface area contributed by atoms with Gasteiger partial charge in [-0.2, -0.15) is 0 Å². The Morgan fingerprint density at radius 1 is 0.867 bits per heavy atom. The number of carbonyl (C=O) groups excluding carboxylic acids is 2. The Bertz CT molecular complexity index is 922. The first-order chi connectivity index (χ1) is 14.6. The molecule has 2 fully saturated rings. The van der Waals surface area contributed by atoms with Crippen molar-refractivity contribution in [1.82, 2.24) is 5.32 Å². The summed E-state index contributed by atoms with van der Waals surface area (Å²) in [5.41, 5.74) is 2.60.